The molecule has 0 unspecified atom stereocenters. The number of aryl methyl sites for hydroxylation is 3. The van der Waals surface area contributed by atoms with E-state index in [2.05, 4.69) is 50.4 Å². The van der Waals surface area contributed by atoms with Crippen LogP contribution < -0.4 is 10.1 Å². The van der Waals surface area contributed by atoms with Crippen molar-refractivity contribution in [3.05, 3.63) is 94.5 Å². The first-order chi connectivity index (χ1) is 14.4. The first kappa shape index (κ1) is 22.0. The number of nitrogens with one attached hydrogen (secondary N) is 1. The first-order valence-corrected chi connectivity index (χ1v) is 11.2. The summed E-state index contributed by atoms with van der Waals surface area (Å²) >= 11 is 1.77. The molecule has 3 rings (SSSR count). The lowest BCUT2D eigenvalue weighted by atomic mass is 9.96. The van der Waals surface area contributed by atoms with Crippen LogP contribution in [0.15, 0.2) is 71.6 Å². The minimum atomic E-state index is -0.0775. The minimum absolute atomic E-state index is 0.0530. The summed E-state index contributed by atoms with van der Waals surface area (Å²) in [5.74, 6) is 1.57. The molecule has 0 radical (unpaired) electrons. The van der Waals surface area contributed by atoms with Crippen molar-refractivity contribution in [3.8, 4) is 5.75 Å². The highest BCUT2D eigenvalue weighted by atomic mass is 32.2. The Kier molecular flexibility index (Phi) is 7.58. The van der Waals surface area contributed by atoms with Crippen LogP contribution >= 0.6 is 11.8 Å². The van der Waals surface area contributed by atoms with E-state index < -0.39 is 0 Å². The number of ether oxygens (including phenoxy) is 1. The third-order valence-corrected chi connectivity index (χ3v) is 6.15. The maximum Gasteiger partial charge on any atom is 0.251 e. The van der Waals surface area contributed by atoms with Gasteiger partial charge in [0, 0.05) is 16.2 Å². The summed E-state index contributed by atoms with van der Waals surface area (Å²) in [4.78, 5) is 13.9. The van der Waals surface area contributed by atoms with Crippen molar-refractivity contribution in [2.75, 3.05) is 12.4 Å². The van der Waals surface area contributed by atoms with Gasteiger partial charge in [-0.1, -0.05) is 30.3 Å². The molecule has 1 N–H and O–H groups in total. The van der Waals surface area contributed by atoms with E-state index in [1.54, 1.807) is 11.8 Å². The van der Waals surface area contributed by atoms with Gasteiger partial charge < -0.3 is 10.1 Å². The lowest BCUT2D eigenvalue weighted by molar-refractivity contribution is 0.0940. The molecule has 156 valence electrons. The van der Waals surface area contributed by atoms with Gasteiger partial charge in [-0.25, -0.2) is 0 Å². The number of hydrogen-bond donors (Lipinski definition) is 1. The molecule has 0 aliphatic heterocycles. The summed E-state index contributed by atoms with van der Waals surface area (Å²) < 4.78 is 5.80. The number of carbonyl (C=O) groups excluding carboxylic acids is 1. The van der Waals surface area contributed by atoms with Crippen LogP contribution in [0.3, 0.4) is 0 Å². The van der Waals surface area contributed by atoms with Crippen LogP contribution in [-0.4, -0.2) is 18.3 Å². The van der Waals surface area contributed by atoms with E-state index in [0.29, 0.717) is 12.2 Å². The van der Waals surface area contributed by atoms with Crippen molar-refractivity contribution in [1.29, 1.82) is 0 Å². The van der Waals surface area contributed by atoms with Gasteiger partial charge in [0.1, 0.15) is 5.75 Å². The van der Waals surface area contributed by atoms with Gasteiger partial charge in [0.25, 0.3) is 5.91 Å². The third-order valence-electron chi connectivity index (χ3n) is 5.18. The molecule has 3 aromatic rings. The molecular formula is C26H29NO2S. The van der Waals surface area contributed by atoms with E-state index >= 15 is 0 Å². The fourth-order valence-corrected chi connectivity index (χ4v) is 4.10. The predicted molar refractivity (Wildman–Crippen MR) is 126 cm³/mol. The van der Waals surface area contributed by atoms with Gasteiger partial charge >= 0.3 is 0 Å². The lowest BCUT2D eigenvalue weighted by Crippen LogP contribution is -2.27. The fourth-order valence-electron chi connectivity index (χ4n) is 3.35. The highest BCUT2D eigenvalue weighted by molar-refractivity contribution is 7.99. The number of amides is 1. The molecule has 0 fully saturated rings. The largest absolute Gasteiger partial charge is 0.493 e. The Balaban J connectivity index is 1.51. The van der Waals surface area contributed by atoms with Gasteiger partial charge in [0.05, 0.1) is 12.6 Å². The Bertz CT molecular complexity index is 984. The Morgan fingerprint density at radius 2 is 1.60 bits per heavy atom. The van der Waals surface area contributed by atoms with Crippen molar-refractivity contribution < 1.29 is 9.53 Å². The fraction of sp³-hybridized carbons (Fsp3) is 0.269. The van der Waals surface area contributed by atoms with Crippen LogP contribution in [0.5, 0.6) is 5.75 Å². The molecule has 0 saturated heterocycles. The van der Waals surface area contributed by atoms with Crippen LogP contribution in [-0.2, 0) is 0 Å². The number of benzene rings is 3. The summed E-state index contributed by atoms with van der Waals surface area (Å²) in [5.41, 5.74) is 5.50. The Labute approximate surface area is 183 Å². The molecule has 0 heterocycles. The molecule has 1 atom stereocenters. The van der Waals surface area contributed by atoms with Gasteiger partial charge in [0.2, 0.25) is 0 Å². The topological polar surface area (TPSA) is 38.3 Å². The minimum Gasteiger partial charge on any atom is -0.493 e. The van der Waals surface area contributed by atoms with Crippen LogP contribution in [0, 0.1) is 20.8 Å². The average Bonchev–Trinajstić information content (AvgIpc) is 2.75. The zero-order valence-electron chi connectivity index (χ0n) is 18.1. The van der Waals surface area contributed by atoms with Gasteiger partial charge in [-0.3, -0.25) is 4.79 Å². The SMILES string of the molecule is Cc1cc(C)c([C@@H](C)NC(=O)c2ccc(OCCSc3ccccc3)cc2)cc1C. The summed E-state index contributed by atoms with van der Waals surface area (Å²) in [6.07, 6.45) is 0. The van der Waals surface area contributed by atoms with Crippen molar-refractivity contribution in [2.24, 2.45) is 0 Å². The zero-order chi connectivity index (χ0) is 21.5. The van der Waals surface area contributed by atoms with Crippen molar-refractivity contribution in [2.45, 2.75) is 38.6 Å². The summed E-state index contributed by atoms with van der Waals surface area (Å²) in [7, 11) is 0. The van der Waals surface area contributed by atoms with E-state index in [1.807, 2.05) is 49.4 Å². The Morgan fingerprint density at radius 1 is 0.933 bits per heavy atom. The van der Waals surface area contributed by atoms with E-state index in [9.17, 15) is 4.79 Å². The monoisotopic (exact) mass is 419 g/mol. The number of rotatable bonds is 8. The summed E-state index contributed by atoms with van der Waals surface area (Å²) in [5, 5.41) is 3.11. The van der Waals surface area contributed by atoms with Crippen LogP contribution in [0.25, 0.3) is 0 Å². The first-order valence-electron chi connectivity index (χ1n) is 10.2. The van der Waals surface area contributed by atoms with Gasteiger partial charge in [0.15, 0.2) is 0 Å². The number of hydrogen-bond acceptors (Lipinski definition) is 3. The maximum atomic E-state index is 12.7. The van der Waals surface area contributed by atoms with Crippen LogP contribution in [0.2, 0.25) is 0 Å². The van der Waals surface area contributed by atoms with E-state index in [0.717, 1.165) is 17.1 Å². The molecule has 0 aliphatic carbocycles. The molecule has 3 aromatic carbocycles. The number of thioether (sulfide) groups is 1. The van der Waals surface area contributed by atoms with Crippen molar-refractivity contribution >= 4 is 17.7 Å². The molecular weight excluding hydrogens is 390 g/mol. The van der Waals surface area contributed by atoms with Crippen molar-refractivity contribution in [3.63, 3.8) is 0 Å². The van der Waals surface area contributed by atoms with E-state index in [1.165, 1.54) is 21.6 Å². The molecule has 4 heteroatoms. The Morgan fingerprint density at radius 3 is 2.30 bits per heavy atom. The predicted octanol–water partition coefficient (Wildman–Crippen LogP) is 6.27. The quantitative estimate of drug-likeness (QED) is 0.345. The molecule has 0 spiro atoms. The van der Waals surface area contributed by atoms with Gasteiger partial charge in [-0.15, -0.1) is 11.8 Å². The molecule has 3 nitrogen and oxygen atoms in total. The van der Waals surface area contributed by atoms with Crippen LogP contribution in [0.1, 0.15) is 45.6 Å². The molecule has 0 aliphatic rings. The summed E-state index contributed by atoms with van der Waals surface area (Å²) in [6, 6.07) is 21.9. The third kappa shape index (κ3) is 5.90. The van der Waals surface area contributed by atoms with Gasteiger partial charge in [-0.05, 0) is 86.3 Å². The highest BCUT2D eigenvalue weighted by Crippen LogP contribution is 2.22. The molecule has 0 bridgehead atoms. The molecule has 0 saturated carbocycles. The summed E-state index contributed by atoms with van der Waals surface area (Å²) in [6.45, 7) is 8.95. The molecule has 1 amide bonds. The standard InChI is InChI=1S/C26H29NO2S/c1-18-16-20(3)25(17-19(18)2)21(4)27-26(28)22-10-12-23(13-11-22)29-14-15-30-24-8-6-5-7-9-24/h5-13,16-17,21H,14-15H2,1-4H3,(H,27,28)/t21-/m1/s1. The smallest absolute Gasteiger partial charge is 0.251 e. The highest BCUT2D eigenvalue weighted by Gasteiger charge is 2.14. The van der Waals surface area contributed by atoms with Crippen molar-refractivity contribution in [1.82, 2.24) is 5.32 Å². The second kappa shape index (κ2) is 10.4. The maximum absolute atomic E-state index is 12.7. The van der Waals surface area contributed by atoms with E-state index in [-0.39, 0.29) is 11.9 Å². The van der Waals surface area contributed by atoms with Crippen LogP contribution in [0.4, 0.5) is 0 Å². The molecule has 30 heavy (non-hydrogen) atoms. The second-order valence-electron chi connectivity index (χ2n) is 7.52. The Hall–Kier alpha value is -2.72. The zero-order valence-corrected chi connectivity index (χ0v) is 18.9. The van der Waals surface area contributed by atoms with E-state index in [4.69, 9.17) is 4.74 Å². The number of carbonyl (C=O) groups is 1. The second-order valence-corrected chi connectivity index (χ2v) is 8.69. The normalized spacial score (nSPS) is 11.7. The average molecular weight is 420 g/mol. The van der Waals surface area contributed by atoms with Gasteiger partial charge in [-0.2, -0.15) is 0 Å². The lowest BCUT2D eigenvalue weighted by Gasteiger charge is -2.18. The molecule has 0 aromatic heterocycles.